The summed E-state index contributed by atoms with van der Waals surface area (Å²) in [6.07, 6.45) is -2.97. The van der Waals surface area contributed by atoms with E-state index in [0.717, 1.165) is 0 Å². The lowest BCUT2D eigenvalue weighted by Crippen LogP contribution is -2.19. The summed E-state index contributed by atoms with van der Waals surface area (Å²) in [5.74, 6) is 3.48. The molecular formula is C10H11F3O2S. The Morgan fingerprint density at radius 3 is 2.56 bits per heavy atom. The largest absolute Gasteiger partial charge is 0.484 e. The smallest absolute Gasteiger partial charge is 0.422 e. The zero-order valence-corrected chi connectivity index (χ0v) is 9.40. The average molecular weight is 252 g/mol. The predicted octanol–water partition coefficient (Wildman–Crippen LogP) is 2.33. The molecule has 0 aliphatic rings. The van der Waals surface area contributed by atoms with Gasteiger partial charge in [0.25, 0.3) is 0 Å². The van der Waals surface area contributed by atoms with Crippen LogP contribution in [-0.2, 0) is 9.52 Å². The van der Waals surface area contributed by atoms with Gasteiger partial charge in [-0.15, -0.1) is 0 Å². The van der Waals surface area contributed by atoms with Gasteiger partial charge in [-0.1, -0.05) is 6.07 Å². The lowest BCUT2D eigenvalue weighted by molar-refractivity contribution is -0.153. The van der Waals surface area contributed by atoms with Crippen LogP contribution in [0.15, 0.2) is 29.2 Å². The number of alkyl halides is 3. The first-order valence-corrected chi connectivity index (χ1v) is 6.44. The summed E-state index contributed by atoms with van der Waals surface area (Å²) in [5.41, 5.74) is 0. The standard InChI is InChI=1S/C10H11F3O2S/c1-16(2,14)9-5-3-4-8(6-9)15-7-10(11,12)13/h3-6H,1,7H2,2H3. The number of hydrogen-bond acceptors (Lipinski definition) is 2. The van der Waals surface area contributed by atoms with E-state index in [0.29, 0.717) is 4.90 Å². The molecule has 0 aromatic heterocycles. The first-order chi connectivity index (χ1) is 7.18. The SMILES string of the molecule is C=S(C)(=O)c1cccc(OCC(F)(F)F)c1. The average Bonchev–Trinajstić information content (AvgIpc) is 2.13. The molecule has 16 heavy (non-hydrogen) atoms. The van der Waals surface area contributed by atoms with Gasteiger partial charge in [0.1, 0.15) is 5.75 Å². The second-order valence-corrected chi connectivity index (χ2v) is 5.87. The maximum Gasteiger partial charge on any atom is 0.422 e. The van der Waals surface area contributed by atoms with E-state index >= 15 is 0 Å². The van der Waals surface area contributed by atoms with Crippen LogP contribution in [0.2, 0.25) is 0 Å². The van der Waals surface area contributed by atoms with Crippen LogP contribution < -0.4 is 4.74 Å². The van der Waals surface area contributed by atoms with Gasteiger partial charge in [0.2, 0.25) is 0 Å². The fraction of sp³-hybridized carbons (Fsp3) is 0.300. The normalized spacial score (nSPS) is 15.5. The lowest BCUT2D eigenvalue weighted by atomic mass is 10.3. The summed E-state index contributed by atoms with van der Waals surface area (Å²) < 4.78 is 51.7. The molecule has 0 aliphatic heterocycles. The van der Waals surface area contributed by atoms with Crippen LogP contribution in [0.5, 0.6) is 5.75 Å². The van der Waals surface area contributed by atoms with E-state index in [1.165, 1.54) is 30.5 Å². The molecule has 0 spiro atoms. The molecule has 0 heterocycles. The van der Waals surface area contributed by atoms with Gasteiger partial charge in [0, 0.05) is 11.2 Å². The molecule has 1 rings (SSSR count). The third kappa shape index (κ3) is 4.14. The highest BCUT2D eigenvalue weighted by Gasteiger charge is 2.28. The second-order valence-electron chi connectivity index (χ2n) is 3.38. The molecule has 6 heteroatoms. The van der Waals surface area contributed by atoms with E-state index in [1.807, 2.05) is 0 Å². The molecule has 90 valence electrons. The van der Waals surface area contributed by atoms with Gasteiger partial charge < -0.3 is 4.74 Å². The van der Waals surface area contributed by atoms with Crippen molar-refractivity contribution in [3.05, 3.63) is 24.3 Å². The van der Waals surface area contributed by atoms with Gasteiger partial charge in [-0.25, -0.2) is 0 Å². The number of rotatable bonds is 3. The van der Waals surface area contributed by atoms with E-state index in [-0.39, 0.29) is 5.75 Å². The zero-order valence-electron chi connectivity index (χ0n) is 8.58. The molecule has 1 aromatic rings. The van der Waals surface area contributed by atoms with Crippen molar-refractivity contribution in [2.24, 2.45) is 0 Å². The van der Waals surface area contributed by atoms with E-state index in [2.05, 4.69) is 10.6 Å². The third-order valence-electron chi connectivity index (χ3n) is 1.71. The van der Waals surface area contributed by atoms with Crippen LogP contribution in [0.25, 0.3) is 0 Å². The maximum atomic E-state index is 11.9. The third-order valence-corrected chi connectivity index (χ3v) is 2.96. The number of halogens is 3. The highest BCUT2D eigenvalue weighted by Crippen LogP contribution is 2.21. The molecule has 0 amide bonds. The topological polar surface area (TPSA) is 26.3 Å². The molecule has 0 bridgehead atoms. The summed E-state index contributed by atoms with van der Waals surface area (Å²) in [5, 5.41) is 0. The Bertz CT molecular complexity index is 463. The molecule has 1 unspecified atom stereocenters. The van der Waals surface area contributed by atoms with Gasteiger partial charge in [-0.3, -0.25) is 4.21 Å². The van der Waals surface area contributed by atoms with Crippen molar-refractivity contribution in [1.82, 2.24) is 0 Å². The highest BCUT2D eigenvalue weighted by molar-refractivity contribution is 7.99. The molecule has 0 saturated heterocycles. The molecule has 0 aliphatic carbocycles. The molecule has 2 nitrogen and oxygen atoms in total. The van der Waals surface area contributed by atoms with Crippen LogP contribution >= 0.6 is 0 Å². The molecular weight excluding hydrogens is 241 g/mol. The van der Waals surface area contributed by atoms with Crippen LogP contribution in [-0.4, -0.2) is 29.1 Å². The quantitative estimate of drug-likeness (QED) is 0.772. The van der Waals surface area contributed by atoms with Gasteiger partial charge >= 0.3 is 6.18 Å². The Balaban J connectivity index is 2.84. The number of hydrogen-bond donors (Lipinski definition) is 0. The van der Waals surface area contributed by atoms with Crippen molar-refractivity contribution in [3.8, 4) is 5.75 Å². The van der Waals surface area contributed by atoms with Crippen LogP contribution in [0.4, 0.5) is 13.2 Å². The fourth-order valence-corrected chi connectivity index (χ4v) is 1.73. The minimum absolute atomic E-state index is 0.0352. The van der Waals surface area contributed by atoms with Gasteiger partial charge in [-0.05, 0) is 33.6 Å². The van der Waals surface area contributed by atoms with Gasteiger partial charge in [0.05, 0.1) is 0 Å². The first-order valence-electron chi connectivity index (χ1n) is 4.30. The second kappa shape index (κ2) is 4.37. The van der Waals surface area contributed by atoms with Gasteiger partial charge in [-0.2, -0.15) is 13.2 Å². The van der Waals surface area contributed by atoms with Crippen molar-refractivity contribution in [2.45, 2.75) is 11.1 Å². The Morgan fingerprint density at radius 1 is 1.44 bits per heavy atom. The van der Waals surface area contributed by atoms with E-state index in [9.17, 15) is 17.4 Å². The summed E-state index contributed by atoms with van der Waals surface area (Å²) in [6, 6.07) is 5.70. The number of ether oxygens (including phenoxy) is 1. The fourth-order valence-electron chi connectivity index (χ4n) is 0.998. The van der Waals surface area contributed by atoms with E-state index < -0.39 is 22.3 Å². The molecule has 1 aromatic carbocycles. The molecule has 0 N–H and O–H groups in total. The van der Waals surface area contributed by atoms with Crippen molar-refractivity contribution in [3.63, 3.8) is 0 Å². The Kier molecular flexibility index (Phi) is 3.52. The molecule has 1 atom stereocenters. The Hall–Kier alpha value is -1.17. The van der Waals surface area contributed by atoms with Crippen molar-refractivity contribution < 1.29 is 22.1 Å². The summed E-state index contributed by atoms with van der Waals surface area (Å²) in [7, 11) is -2.44. The van der Waals surface area contributed by atoms with Crippen LogP contribution in [0.1, 0.15) is 0 Å². The van der Waals surface area contributed by atoms with E-state index in [1.54, 1.807) is 0 Å². The number of benzene rings is 1. The predicted molar refractivity (Wildman–Crippen MR) is 57.4 cm³/mol. The minimum atomic E-state index is -4.38. The Morgan fingerprint density at radius 2 is 2.06 bits per heavy atom. The lowest BCUT2D eigenvalue weighted by Gasteiger charge is -2.10. The zero-order chi connectivity index (χ0) is 12.4. The summed E-state index contributed by atoms with van der Waals surface area (Å²) in [4.78, 5) is 0.368. The highest BCUT2D eigenvalue weighted by atomic mass is 32.2. The van der Waals surface area contributed by atoms with Crippen LogP contribution in [0, 0.1) is 0 Å². The Labute approximate surface area is 92.0 Å². The molecule has 0 saturated carbocycles. The molecule has 0 radical (unpaired) electrons. The maximum absolute atomic E-state index is 11.9. The molecule has 0 fully saturated rings. The van der Waals surface area contributed by atoms with E-state index in [4.69, 9.17) is 0 Å². The summed E-state index contributed by atoms with van der Waals surface area (Å²) >= 11 is 0. The van der Waals surface area contributed by atoms with Crippen LogP contribution in [0.3, 0.4) is 0 Å². The monoisotopic (exact) mass is 252 g/mol. The minimum Gasteiger partial charge on any atom is -0.484 e. The van der Waals surface area contributed by atoms with Gasteiger partial charge in [0.15, 0.2) is 6.61 Å². The van der Waals surface area contributed by atoms with Crippen molar-refractivity contribution in [2.75, 3.05) is 12.9 Å². The summed E-state index contributed by atoms with van der Waals surface area (Å²) in [6.45, 7) is -1.36. The van der Waals surface area contributed by atoms with Crippen molar-refractivity contribution in [1.29, 1.82) is 0 Å². The first kappa shape index (κ1) is 12.9. The van der Waals surface area contributed by atoms with Crippen molar-refractivity contribution >= 4 is 15.4 Å².